The van der Waals surface area contributed by atoms with E-state index in [1.807, 2.05) is 4.57 Å². The van der Waals surface area contributed by atoms with Gasteiger partial charge in [-0.3, -0.25) is 4.79 Å². The number of methoxy groups -OCH3 is 1. The molecule has 5 heteroatoms. The molecule has 0 saturated carbocycles. The van der Waals surface area contributed by atoms with Crippen LogP contribution in [0.3, 0.4) is 0 Å². The SMILES string of the molecule is COC(=O)[C@H]1CCc2nncn2C1. The van der Waals surface area contributed by atoms with E-state index < -0.39 is 0 Å². The average Bonchev–Trinajstić information content (AvgIpc) is 2.63. The van der Waals surface area contributed by atoms with Crippen molar-refractivity contribution in [3.63, 3.8) is 0 Å². The second-order valence-corrected chi connectivity index (χ2v) is 3.16. The number of esters is 1. The van der Waals surface area contributed by atoms with Crippen molar-refractivity contribution < 1.29 is 9.53 Å². The van der Waals surface area contributed by atoms with Crippen LogP contribution in [0.5, 0.6) is 0 Å². The molecule has 0 amide bonds. The topological polar surface area (TPSA) is 57.0 Å². The molecule has 1 aliphatic rings. The van der Waals surface area contributed by atoms with Gasteiger partial charge in [-0.05, 0) is 6.42 Å². The first-order valence-corrected chi connectivity index (χ1v) is 4.26. The summed E-state index contributed by atoms with van der Waals surface area (Å²) in [6.07, 6.45) is 3.27. The lowest BCUT2D eigenvalue weighted by atomic mass is 10.00. The van der Waals surface area contributed by atoms with Crippen LogP contribution in [0.1, 0.15) is 12.2 Å². The van der Waals surface area contributed by atoms with Crippen molar-refractivity contribution in [1.82, 2.24) is 14.8 Å². The minimum absolute atomic E-state index is 0.0338. The number of fused-ring (bicyclic) bond motifs is 1. The molecule has 1 aromatic rings. The molecular formula is C8H11N3O2. The summed E-state index contributed by atoms with van der Waals surface area (Å²) in [6, 6.07) is 0. The molecule has 13 heavy (non-hydrogen) atoms. The molecule has 0 unspecified atom stereocenters. The van der Waals surface area contributed by atoms with Gasteiger partial charge < -0.3 is 9.30 Å². The predicted octanol–water partition coefficient (Wildman–Crippen LogP) is 0.0135. The van der Waals surface area contributed by atoms with Crippen LogP contribution in [0, 0.1) is 5.92 Å². The molecule has 0 fully saturated rings. The van der Waals surface area contributed by atoms with Crippen LogP contribution in [0.25, 0.3) is 0 Å². The number of aryl methyl sites for hydroxylation is 1. The van der Waals surface area contributed by atoms with Crippen LogP contribution in [-0.2, 0) is 22.5 Å². The van der Waals surface area contributed by atoms with E-state index in [1.165, 1.54) is 7.11 Å². The normalized spacial score (nSPS) is 20.8. The highest BCUT2D eigenvalue weighted by molar-refractivity contribution is 5.72. The van der Waals surface area contributed by atoms with Crippen LogP contribution in [0.2, 0.25) is 0 Å². The molecule has 2 rings (SSSR count). The number of hydrogen-bond acceptors (Lipinski definition) is 4. The highest BCUT2D eigenvalue weighted by Gasteiger charge is 2.25. The monoisotopic (exact) mass is 181 g/mol. The highest BCUT2D eigenvalue weighted by atomic mass is 16.5. The zero-order chi connectivity index (χ0) is 9.26. The maximum atomic E-state index is 11.2. The van der Waals surface area contributed by atoms with E-state index in [-0.39, 0.29) is 11.9 Å². The Morgan fingerprint density at radius 3 is 3.38 bits per heavy atom. The molecule has 0 saturated heterocycles. The molecule has 1 aliphatic heterocycles. The molecular weight excluding hydrogens is 170 g/mol. The minimum Gasteiger partial charge on any atom is -0.469 e. The van der Waals surface area contributed by atoms with Crippen LogP contribution < -0.4 is 0 Å². The predicted molar refractivity (Wildman–Crippen MR) is 43.8 cm³/mol. The number of nitrogens with zero attached hydrogens (tertiary/aromatic N) is 3. The Morgan fingerprint density at radius 1 is 1.77 bits per heavy atom. The number of carbonyl (C=O) groups is 1. The second kappa shape index (κ2) is 3.16. The number of rotatable bonds is 1. The van der Waals surface area contributed by atoms with Crippen molar-refractivity contribution >= 4 is 5.97 Å². The number of hydrogen-bond donors (Lipinski definition) is 0. The van der Waals surface area contributed by atoms with Gasteiger partial charge in [0.15, 0.2) is 0 Å². The van der Waals surface area contributed by atoms with Crippen molar-refractivity contribution in [2.24, 2.45) is 5.92 Å². The van der Waals surface area contributed by atoms with E-state index in [4.69, 9.17) is 0 Å². The summed E-state index contributed by atoms with van der Waals surface area (Å²) in [5, 5.41) is 7.72. The Bertz CT molecular complexity index is 321. The Morgan fingerprint density at radius 2 is 2.62 bits per heavy atom. The van der Waals surface area contributed by atoms with Gasteiger partial charge in [0, 0.05) is 13.0 Å². The van der Waals surface area contributed by atoms with Crippen molar-refractivity contribution in [2.45, 2.75) is 19.4 Å². The van der Waals surface area contributed by atoms with Crippen LogP contribution in [-0.4, -0.2) is 27.8 Å². The third kappa shape index (κ3) is 1.41. The van der Waals surface area contributed by atoms with Gasteiger partial charge in [-0.1, -0.05) is 0 Å². The zero-order valence-electron chi connectivity index (χ0n) is 7.43. The van der Waals surface area contributed by atoms with Crippen molar-refractivity contribution in [3.8, 4) is 0 Å². The maximum absolute atomic E-state index is 11.2. The third-order valence-corrected chi connectivity index (χ3v) is 2.36. The van der Waals surface area contributed by atoms with Gasteiger partial charge in [-0.25, -0.2) is 0 Å². The summed E-state index contributed by atoms with van der Waals surface area (Å²) >= 11 is 0. The second-order valence-electron chi connectivity index (χ2n) is 3.16. The zero-order valence-corrected chi connectivity index (χ0v) is 7.43. The molecule has 0 N–H and O–H groups in total. The van der Waals surface area contributed by atoms with E-state index in [9.17, 15) is 4.79 Å². The minimum atomic E-state index is -0.139. The summed E-state index contributed by atoms with van der Waals surface area (Å²) in [6.45, 7) is 0.648. The van der Waals surface area contributed by atoms with E-state index in [0.717, 1.165) is 18.7 Å². The summed E-state index contributed by atoms with van der Waals surface area (Å²) in [5.41, 5.74) is 0. The summed E-state index contributed by atoms with van der Waals surface area (Å²) < 4.78 is 6.60. The van der Waals surface area contributed by atoms with Crippen molar-refractivity contribution in [3.05, 3.63) is 12.2 Å². The molecule has 0 aliphatic carbocycles. The van der Waals surface area contributed by atoms with E-state index in [1.54, 1.807) is 6.33 Å². The lowest BCUT2D eigenvalue weighted by Gasteiger charge is -2.20. The maximum Gasteiger partial charge on any atom is 0.310 e. The van der Waals surface area contributed by atoms with Gasteiger partial charge in [-0.2, -0.15) is 0 Å². The van der Waals surface area contributed by atoms with Gasteiger partial charge in [0.25, 0.3) is 0 Å². The first-order chi connectivity index (χ1) is 6.31. The highest BCUT2D eigenvalue weighted by Crippen LogP contribution is 2.18. The molecule has 1 aromatic heterocycles. The molecule has 0 bridgehead atoms. The molecule has 1 atom stereocenters. The van der Waals surface area contributed by atoms with Crippen LogP contribution >= 0.6 is 0 Å². The number of ether oxygens (including phenoxy) is 1. The molecule has 0 radical (unpaired) electrons. The third-order valence-electron chi connectivity index (χ3n) is 2.36. The Balaban J connectivity index is 2.13. The molecule has 0 spiro atoms. The Labute approximate surface area is 75.7 Å². The molecule has 2 heterocycles. The van der Waals surface area contributed by atoms with Gasteiger partial charge in [-0.15, -0.1) is 10.2 Å². The van der Waals surface area contributed by atoms with Gasteiger partial charge in [0.05, 0.1) is 13.0 Å². The summed E-state index contributed by atoms with van der Waals surface area (Å²) in [4.78, 5) is 11.2. The summed E-state index contributed by atoms with van der Waals surface area (Å²) in [5.74, 6) is 0.785. The summed E-state index contributed by atoms with van der Waals surface area (Å²) in [7, 11) is 1.42. The van der Waals surface area contributed by atoms with Gasteiger partial charge in [0.1, 0.15) is 12.2 Å². The first kappa shape index (κ1) is 8.22. The smallest absolute Gasteiger partial charge is 0.310 e. The lowest BCUT2D eigenvalue weighted by Crippen LogP contribution is -2.27. The van der Waals surface area contributed by atoms with E-state index in [2.05, 4.69) is 14.9 Å². The number of aromatic nitrogens is 3. The standard InChI is InChI=1S/C8H11N3O2/c1-13-8(12)6-2-3-7-10-9-5-11(7)4-6/h5-6H,2-4H2,1H3/t6-/m0/s1. The molecule has 70 valence electrons. The van der Waals surface area contributed by atoms with Crippen LogP contribution in [0.15, 0.2) is 6.33 Å². The van der Waals surface area contributed by atoms with E-state index >= 15 is 0 Å². The van der Waals surface area contributed by atoms with Crippen molar-refractivity contribution in [2.75, 3.05) is 7.11 Å². The average molecular weight is 181 g/mol. The fourth-order valence-electron chi connectivity index (χ4n) is 1.62. The van der Waals surface area contributed by atoms with Gasteiger partial charge >= 0.3 is 5.97 Å². The molecule has 0 aromatic carbocycles. The van der Waals surface area contributed by atoms with Gasteiger partial charge in [0.2, 0.25) is 0 Å². The van der Waals surface area contributed by atoms with Crippen LogP contribution in [0.4, 0.5) is 0 Å². The fraction of sp³-hybridized carbons (Fsp3) is 0.625. The Hall–Kier alpha value is -1.39. The lowest BCUT2D eigenvalue weighted by molar-refractivity contribution is -0.146. The van der Waals surface area contributed by atoms with Crippen molar-refractivity contribution in [1.29, 1.82) is 0 Å². The molecule has 5 nitrogen and oxygen atoms in total. The van der Waals surface area contributed by atoms with E-state index in [0.29, 0.717) is 6.54 Å². The Kier molecular flexibility index (Phi) is 2.00. The fourth-order valence-corrected chi connectivity index (χ4v) is 1.62. The number of carbonyl (C=O) groups excluding carboxylic acids is 1. The largest absolute Gasteiger partial charge is 0.469 e. The quantitative estimate of drug-likeness (QED) is 0.573. The first-order valence-electron chi connectivity index (χ1n) is 4.26.